The lowest BCUT2D eigenvalue weighted by molar-refractivity contribution is 0.158. The molecule has 0 unspecified atom stereocenters. The predicted octanol–water partition coefficient (Wildman–Crippen LogP) is -0.491. The highest BCUT2D eigenvalue weighted by Crippen LogP contribution is 1.87. The molecule has 0 aromatic carbocycles. The van der Waals surface area contributed by atoms with E-state index in [1.165, 1.54) is 7.11 Å². The van der Waals surface area contributed by atoms with Crippen LogP contribution in [-0.4, -0.2) is 17.3 Å². The monoisotopic (exact) mass is 130 g/mol. The van der Waals surface area contributed by atoms with Crippen molar-refractivity contribution in [1.82, 2.24) is 10.2 Å². The lowest BCUT2D eigenvalue weighted by atomic mass is 10.7. The summed E-state index contributed by atoms with van der Waals surface area (Å²) < 4.78 is 9.10. The second-order valence-corrected chi connectivity index (χ2v) is 1.44. The van der Waals surface area contributed by atoms with Crippen LogP contribution < -0.4 is 5.76 Å². The fourth-order valence-corrected chi connectivity index (χ4v) is 0.446. The molecular weight excluding hydrogens is 124 g/mol. The number of methoxy groups -OCH3 is 1. The minimum Gasteiger partial charge on any atom is -0.390 e. The number of hydrogen-bond donors (Lipinski definition) is 1. The summed E-state index contributed by atoms with van der Waals surface area (Å²) in [7, 11) is 1.49. The number of aromatic amines is 1. The van der Waals surface area contributed by atoms with Gasteiger partial charge in [-0.2, -0.15) is 0 Å². The Morgan fingerprint density at radius 2 is 2.67 bits per heavy atom. The number of rotatable bonds is 2. The van der Waals surface area contributed by atoms with E-state index in [1.54, 1.807) is 0 Å². The molecule has 1 N–H and O–H groups in total. The summed E-state index contributed by atoms with van der Waals surface area (Å²) in [5.74, 6) is -0.287. The van der Waals surface area contributed by atoms with Crippen LogP contribution in [0.25, 0.3) is 0 Å². The summed E-state index contributed by atoms with van der Waals surface area (Å²) >= 11 is 0. The standard InChI is InChI=1S/C4H6N2O3/c1-8-2-3-5-6-4(7)9-3/h2H2,1H3,(H,6,7). The van der Waals surface area contributed by atoms with E-state index >= 15 is 0 Å². The molecule has 0 aliphatic heterocycles. The minimum absolute atomic E-state index is 0.221. The SMILES string of the molecule is COCc1n[nH]c(=O)o1. The Labute approximate surface area is 50.6 Å². The molecule has 0 radical (unpaired) electrons. The Morgan fingerprint density at radius 1 is 1.89 bits per heavy atom. The first-order chi connectivity index (χ1) is 4.33. The van der Waals surface area contributed by atoms with Crippen molar-refractivity contribution in [1.29, 1.82) is 0 Å². The van der Waals surface area contributed by atoms with Crippen LogP contribution in [-0.2, 0) is 11.3 Å². The van der Waals surface area contributed by atoms with Gasteiger partial charge in [0.05, 0.1) is 0 Å². The van der Waals surface area contributed by atoms with Crippen LogP contribution in [0.15, 0.2) is 9.21 Å². The summed E-state index contributed by atoms with van der Waals surface area (Å²) in [6.45, 7) is 0.221. The number of nitrogens with zero attached hydrogens (tertiary/aromatic N) is 1. The highest BCUT2D eigenvalue weighted by Gasteiger charge is 1.96. The zero-order valence-corrected chi connectivity index (χ0v) is 4.88. The van der Waals surface area contributed by atoms with Gasteiger partial charge in [0.15, 0.2) is 0 Å². The lowest BCUT2D eigenvalue weighted by Crippen LogP contribution is -1.93. The molecule has 5 heteroatoms. The summed E-state index contributed by atoms with van der Waals surface area (Å²) in [4.78, 5) is 10.2. The molecule has 0 amide bonds. The van der Waals surface area contributed by atoms with E-state index in [4.69, 9.17) is 0 Å². The molecule has 1 aromatic rings. The maximum absolute atomic E-state index is 10.2. The van der Waals surface area contributed by atoms with Crippen molar-refractivity contribution in [2.75, 3.05) is 7.11 Å². The number of H-pyrrole nitrogens is 1. The average molecular weight is 130 g/mol. The summed E-state index contributed by atoms with van der Waals surface area (Å²) in [6.07, 6.45) is 0. The molecule has 0 aliphatic carbocycles. The van der Waals surface area contributed by atoms with Crippen LogP contribution in [0.1, 0.15) is 5.89 Å². The molecule has 0 bridgehead atoms. The fraction of sp³-hybridized carbons (Fsp3) is 0.500. The highest BCUT2D eigenvalue weighted by atomic mass is 16.5. The van der Waals surface area contributed by atoms with Gasteiger partial charge in [0.25, 0.3) is 0 Å². The van der Waals surface area contributed by atoms with Crippen LogP contribution >= 0.6 is 0 Å². The Bertz CT molecular complexity index is 226. The van der Waals surface area contributed by atoms with Gasteiger partial charge in [0, 0.05) is 7.11 Å². The Kier molecular flexibility index (Phi) is 1.64. The van der Waals surface area contributed by atoms with Crippen molar-refractivity contribution in [3.63, 3.8) is 0 Å². The minimum atomic E-state index is -0.554. The van der Waals surface area contributed by atoms with Crippen molar-refractivity contribution in [2.45, 2.75) is 6.61 Å². The van der Waals surface area contributed by atoms with Crippen LogP contribution in [0.2, 0.25) is 0 Å². The van der Waals surface area contributed by atoms with Gasteiger partial charge >= 0.3 is 5.76 Å². The van der Waals surface area contributed by atoms with Gasteiger partial charge in [0.2, 0.25) is 5.89 Å². The molecule has 0 spiro atoms. The van der Waals surface area contributed by atoms with Crippen molar-refractivity contribution >= 4 is 0 Å². The average Bonchev–Trinajstić information content (AvgIpc) is 2.17. The van der Waals surface area contributed by atoms with Crippen LogP contribution in [0.4, 0.5) is 0 Å². The second kappa shape index (κ2) is 2.45. The molecule has 0 aliphatic rings. The zero-order valence-electron chi connectivity index (χ0n) is 4.88. The molecule has 0 saturated carbocycles. The molecule has 0 atom stereocenters. The molecule has 1 heterocycles. The van der Waals surface area contributed by atoms with E-state index in [0.29, 0.717) is 0 Å². The molecule has 0 fully saturated rings. The number of aromatic nitrogens is 2. The van der Waals surface area contributed by atoms with Crippen LogP contribution in [0, 0.1) is 0 Å². The first-order valence-corrected chi connectivity index (χ1v) is 2.36. The number of nitrogens with one attached hydrogen (secondary N) is 1. The van der Waals surface area contributed by atoms with Crippen molar-refractivity contribution < 1.29 is 9.15 Å². The molecule has 5 nitrogen and oxygen atoms in total. The summed E-state index contributed by atoms with van der Waals surface area (Å²) in [6, 6.07) is 0. The largest absolute Gasteiger partial charge is 0.434 e. The van der Waals surface area contributed by atoms with E-state index in [0.717, 1.165) is 0 Å². The molecule has 0 saturated heterocycles. The molecule has 9 heavy (non-hydrogen) atoms. The fourth-order valence-electron chi connectivity index (χ4n) is 0.446. The van der Waals surface area contributed by atoms with Crippen molar-refractivity contribution in [3.05, 3.63) is 16.4 Å². The maximum atomic E-state index is 10.2. The van der Waals surface area contributed by atoms with Gasteiger partial charge in [-0.25, -0.2) is 9.89 Å². The highest BCUT2D eigenvalue weighted by molar-refractivity contribution is 4.66. The van der Waals surface area contributed by atoms with Gasteiger partial charge in [-0.3, -0.25) is 0 Å². The zero-order chi connectivity index (χ0) is 6.69. The first kappa shape index (κ1) is 6.03. The lowest BCUT2D eigenvalue weighted by Gasteiger charge is -1.85. The van der Waals surface area contributed by atoms with Gasteiger partial charge in [-0.15, -0.1) is 5.10 Å². The maximum Gasteiger partial charge on any atom is 0.434 e. The Hall–Kier alpha value is -1.10. The van der Waals surface area contributed by atoms with Gasteiger partial charge in [-0.05, 0) is 0 Å². The van der Waals surface area contributed by atoms with E-state index in [2.05, 4.69) is 19.4 Å². The van der Waals surface area contributed by atoms with E-state index in [1.807, 2.05) is 0 Å². The van der Waals surface area contributed by atoms with Gasteiger partial charge in [0.1, 0.15) is 6.61 Å². The molecular formula is C4H6N2O3. The quantitative estimate of drug-likeness (QED) is 0.586. The van der Waals surface area contributed by atoms with E-state index < -0.39 is 5.76 Å². The third-order valence-corrected chi connectivity index (χ3v) is 0.750. The summed E-state index contributed by atoms with van der Waals surface area (Å²) in [5.41, 5.74) is 0. The summed E-state index contributed by atoms with van der Waals surface area (Å²) in [5, 5.41) is 5.58. The molecule has 1 rings (SSSR count). The number of hydrogen-bond acceptors (Lipinski definition) is 4. The third-order valence-electron chi connectivity index (χ3n) is 0.750. The van der Waals surface area contributed by atoms with Gasteiger partial charge in [-0.1, -0.05) is 0 Å². The predicted molar refractivity (Wildman–Crippen MR) is 27.8 cm³/mol. The Morgan fingerprint density at radius 3 is 3.11 bits per heavy atom. The second-order valence-electron chi connectivity index (χ2n) is 1.44. The van der Waals surface area contributed by atoms with Crippen molar-refractivity contribution in [2.24, 2.45) is 0 Å². The molecule has 1 aromatic heterocycles. The van der Waals surface area contributed by atoms with Crippen LogP contribution in [0.3, 0.4) is 0 Å². The Balaban J connectivity index is 2.73. The third kappa shape index (κ3) is 1.39. The first-order valence-electron chi connectivity index (χ1n) is 2.36. The van der Waals surface area contributed by atoms with Gasteiger partial charge < -0.3 is 9.15 Å². The van der Waals surface area contributed by atoms with E-state index in [9.17, 15) is 4.79 Å². The van der Waals surface area contributed by atoms with Crippen molar-refractivity contribution in [3.8, 4) is 0 Å². The van der Waals surface area contributed by atoms with Crippen LogP contribution in [0.5, 0.6) is 0 Å². The normalized spacial score (nSPS) is 9.89. The smallest absolute Gasteiger partial charge is 0.390 e. The topological polar surface area (TPSA) is 68.1 Å². The molecule has 50 valence electrons. The number of ether oxygens (including phenoxy) is 1. The van der Waals surface area contributed by atoms with E-state index in [-0.39, 0.29) is 12.5 Å².